The summed E-state index contributed by atoms with van der Waals surface area (Å²) in [7, 11) is 1.33. The summed E-state index contributed by atoms with van der Waals surface area (Å²) in [6.07, 6.45) is 1.87. The summed E-state index contributed by atoms with van der Waals surface area (Å²) in [6.45, 7) is 2.35. The van der Waals surface area contributed by atoms with Gasteiger partial charge in [-0.15, -0.1) is 11.3 Å². The molecule has 1 N–H and O–H groups in total. The maximum absolute atomic E-state index is 12.8. The van der Waals surface area contributed by atoms with E-state index in [-0.39, 0.29) is 24.3 Å². The van der Waals surface area contributed by atoms with Gasteiger partial charge >= 0.3 is 5.97 Å². The number of esters is 1. The van der Waals surface area contributed by atoms with E-state index in [2.05, 4.69) is 15.2 Å². The normalized spacial score (nSPS) is 11.8. The molecule has 6 nitrogen and oxygen atoms in total. The first-order valence-electron chi connectivity index (χ1n) is 8.59. The molecule has 140 valence electrons. The van der Waals surface area contributed by atoms with Crippen molar-refractivity contribution in [3.05, 3.63) is 65.2 Å². The van der Waals surface area contributed by atoms with Crippen LogP contribution >= 0.6 is 11.3 Å². The Kier molecular flexibility index (Phi) is 6.03. The van der Waals surface area contributed by atoms with E-state index in [1.54, 1.807) is 17.8 Å². The Morgan fingerprint density at radius 3 is 2.67 bits per heavy atom. The molecule has 27 heavy (non-hydrogen) atoms. The molecule has 0 fully saturated rings. The minimum absolute atomic E-state index is 0.120. The number of aromatic nitrogens is 2. The summed E-state index contributed by atoms with van der Waals surface area (Å²) >= 11 is 1.53. The van der Waals surface area contributed by atoms with E-state index in [4.69, 9.17) is 0 Å². The first-order valence-corrected chi connectivity index (χ1v) is 9.47. The van der Waals surface area contributed by atoms with Crippen LogP contribution in [0.4, 0.5) is 0 Å². The maximum Gasteiger partial charge on any atom is 0.307 e. The van der Waals surface area contributed by atoms with Gasteiger partial charge in [-0.05, 0) is 23.9 Å². The van der Waals surface area contributed by atoms with Crippen molar-refractivity contribution in [1.82, 2.24) is 15.1 Å². The Morgan fingerprint density at radius 2 is 2.00 bits per heavy atom. The second-order valence-corrected chi connectivity index (χ2v) is 7.15. The predicted molar refractivity (Wildman–Crippen MR) is 105 cm³/mol. The Labute approximate surface area is 161 Å². The molecule has 2 heterocycles. The van der Waals surface area contributed by atoms with E-state index < -0.39 is 0 Å². The summed E-state index contributed by atoms with van der Waals surface area (Å²) in [5.74, 6) is -0.616. The van der Waals surface area contributed by atoms with Crippen molar-refractivity contribution >= 4 is 23.2 Å². The van der Waals surface area contributed by atoms with Gasteiger partial charge in [-0.3, -0.25) is 14.3 Å². The summed E-state index contributed by atoms with van der Waals surface area (Å²) < 4.78 is 6.42. The lowest BCUT2D eigenvalue weighted by atomic mass is 10.1. The lowest BCUT2D eigenvalue weighted by Crippen LogP contribution is -2.34. The molecule has 1 amide bonds. The zero-order valence-corrected chi connectivity index (χ0v) is 16.0. The van der Waals surface area contributed by atoms with Crippen molar-refractivity contribution in [2.75, 3.05) is 7.11 Å². The van der Waals surface area contributed by atoms with Gasteiger partial charge in [0.15, 0.2) is 0 Å². The molecule has 1 atom stereocenters. The number of methoxy groups -OCH3 is 1. The Hall–Kier alpha value is -2.93. The van der Waals surface area contributed by atoms with Gasteiger partial charge in [-0.25, -0.2) is 0 Å². The van der Waals surface area contributed by atoms with Gasteiger partial charge < -0.3 is 10.1 Å². The summed E-state index contributed by atoms with van der Waals surface area (Å²) in [5.41, 5.74) is 2.23. The second-order valence-electron chi connectivity index (χ2n) is 6.21. The van der Waals surface area contributed by atoms with Gasteiger partial charge in [0.25, 0.3) is 5.91 Å². The highest BCUT2D eigenvalue weighted by atomic mass is 32.1. The Balaban J connectivity index is 1.84. The summed E-state index contributed by atoms with van der Waals surface area (Å²) in [6, 6.07) is 13.5. The molecule has 0 bridgehead atoms. The number of amides is 1. The van der Waals surface area contributed by atoms with Crippen LogP contribution in [0.15, 0.2) is 54.0 Å². The molecule has 3 aromatic rings. The fourth-order valence-electron chi connectivity index (χ4n) is 2.72. The number of ether oxygens (including phenoxy) is 1. The van der Waals surface area contributed by atoms with E-state index in [0.717, 1.165) is 10.4 Å². The smallest absolute Gasteiger partial charge is 0.307 e. The molecule has 0 aliphatic carbocycles. The average Bonchev–Trinajstić information content (AvgIpc) is 3.31. The maximum atomic E-state index is 12.8. The fraction of sp³-hybridized carbons (Fsp3) is 0.250. The lowest BCUT2D eigenvalue weighted by molar-refractivity contribution is -0.141. The first kappa shape index (κ1) is 18.8. The number of rotatable bonds is 7. The molecule has 0 radical (unpaired) electrons. The number of hydrogen-bond donors (Lipinski definition) is 1. The molecule has 0 saturated heterocycles. The van der Waals surface area contributed by atoms with Crippen molar-refractivity contribution < 1.29 is 14.3 Å². The zero-order chi connectivity index (χ0) is 19.2. The first-order chi connectivity index (χ1) is 13.1. The molecule has 0 aliphatic rings. The van der Waals surface area contributed by atoms with Gasteiger partial charge in [-0.2, -0.15) is 5.10 Å². The number of hydrogen-bond acceptors (Lipinski definition) is 5. The van der Waals surface area contributed by atoms with E-state index in [1.807, 2.05) is 47.8 Å². The highest BCUT2D eigenvalue weighted by Crippen LogP contribution is 2.27. The number of nitrogens with zero attached hydrogens (tertiary/aromatic N) is 2. The van der Waals surface area contributed by atoms with Crippen molar-refractivity contribution in [2.45, 2.75) is 25.9 Å². The lowest BCUT2D eigenvalue weighted by Gasteiger charge is -2.12. The molecule has 7 heteroatoms. The van der Waals surface area contributed by atoms with E-state index >= 15 is 0 Å². The van der Waals surface area contributed by atoms with Gasteiger partial charge in [0.05, 0.1) is 30.5 Å². The standard InChI is InChI=1S/C20H21N3O3S/c1-14(11-18(24)26-2)21-20(25)16-13-23(12-15-7-4-3-5-8-15)22-19(16)17-9-6-10-27-17/h3-10,13-14H,11-12H2,1-2H3,(H,21,25). The van der Waals surface area contributed by atoms with Gasteiger partial charge in [0.1, 0.15) is 5.69 Å². The minimum Gasteiger partial charge on any atom is -0.469 e. The van der Waals surface area contributed by atoms with Gasteiger partial charge in [0, 0.05) is 12.2 Å². The van der Waals surface area contributed by atoms with Crippen LogP contribution in [-0.2, 0) is 16.1 Å². The topological polar surface area (TPSA) is 73.2 Å². The molecule has 1 unspecified atom stereocenters. The SMILES string of the molecule is COC(=O)CC(C)NC(=O)c1cn(Cc2ccccc2)nc1-c1cccs1. The largest absolute Gasteiger partial charge is 0.469 e. The molecule has 0 aliphatic heterocycles. The monoisotopic (exact) mass is 383 g/mol. The predicted octanol–water partition coefficient (Wildman–Crippen LogP) is 3.34. The molecule has 0 spiro atoms. The molecule has 2 aromatic heterocycles. The molecular weight excluding hydrogens is 362 g/mol. The van der Waals surface area contributed by atoms with Crippen molar-refractivity contribution in [3.8, 4) is 10.6 Å². The summed E-state index contributed by atoms with van der Waals surface area (Å²) in [4.78, 5) is 25.1. The van der Waals surface area contributed by atoms with Crippen molar-refractivity contribution in [2.24, 2.45) is 0 Å². The van der Waals surface area contributed by atoms with E-state index in [0.29, 0.717) is 17.8 Å². The molecule has 0 saturated carbocycles. The van der Waals surface area contributed by atoms with Crippen LogP contribution in [0.5, 0.6) is 0 Å². The van der Waals surface area contributed by atoms with E-state index in [9.17, 15) is 9.59 Å². The summed E-state index contributed by atoms with van der Waals surface area (Å²) in [5, 5.41) is 9.43. The minimum atomic E-state index is -0.360. The molecule has 1 aromatic carbocycles. The quantitative estimate of drug-likeness (QED) is 0.635. The van der Waals surface area contributed by atoms with Gasteiger partial charge in [0.2, 0.25) is 0 Å². The zero-order valence-electron chi connectivity index (χ0n) is 15.2. The molecular formula is C20H21N3O3S. The van der Waals surface area contributed by atoms with Crippen molar-refractivity contribution in [1.29, 1.82) is 0 Å². The van der Waals surface area contributed by atoms with Crippen LogP contribution in [0.25, 0.3) is 10.6 Å². The van der Waals surface area contributed by atoms with Crippen molar-refractivity contribution in [3.63, 3.8) is 0 Å². The van der Waals surface area contributed by atoms with Gasteiger partial charge in [-0.1, -0.05) is 36.4 Å². The third-order valence-corrected chi connectivity index (χ3v) is 4.90. The number of thiophene rings is 1. The van der Waals surface area contributed by atoms with Crippen LogP contribution in [0.1, 0.15) is 29.3 Å². The third kappa shape index (κ3) is 4.83. The highest BCUT2D eigenvalue weighted by molar-refractivity contribution is 7.13. The molecule has 3 rings (SSSR count). The van der Waals surface area contributed by atoms with Crippen LogP contribution in [0.3, 0.4) is 0 Å². The third-order valence-electron chi connectivity index (χ3n) is 4.03. The Morgan fingerprint density at radius 1 is 1.22 bits per heavy atom. The average molecular weight is 383 g/mol. The number of carbonyl (C=O) groups is 2. The van der Waals surface area contributed by atoms with Crippen LogP contribution in [0.2, 0.25) is 0 Å². The van der Waals surface area contributed by atoms with E-state index in [1.165, 1.54) is 18.4 Å². The second kappa shape index (κ2) is 8.64. The number of nitrogens with one attached hydrogen (secondary N) is 1. The van der Waals surface area contributed by atoms with Crippen LogP contribution in [0, 0.1) is 0 Å². The van der Waals surface area contributed by atoms with Crippen LogP contribution in [-0.4, -0.2) is 34.8 Å². The number of benzene rings is 1. The van der Waals surface area contributed by atoms with Crippen LogP contribution < -0.4 is 5.32 Å². The fourth-order valence-corrected chi connectivity index (χ4v) is 3.44. The Bertz CT molecular complexity index is 904. The number of carbonyl (C=O) groups excluding carboxylic acids is 2. The highest BCUT2D eigenvalue weighted by Gasteiger charge is 2.21.